The van der Waals surface area contributed by atoms with Crippen molar-refractivity contribution < 1.29 is 0 Å². The highest BCUT2D eigenvalue weighted by atomic mass is 14.2. The van der Waals surface area contributed by atoms with Gasteiger partial charge in [0.05, 0.1) is 0 Å². The normalized spacial score (nSPS) is 13.0. The van der Waals surface area contributed by atoms with Crippen LogP contribution in [0.2, 0.25) is 0 Å². The smallest absolute Gasteiger partial charge is 0.00669 e. The first-order chi connectivity index (χ1) is 12.7. The third kappa shape index (κ3) is 3.55. The van der Waals surface area contributed by atoms with Crippen LogP contribution in [0.4, 0.5) is 0 Å². The lowest BCUT2D eigenvalue weighted by Gasteiger charge is -2.18. The van der Waals surface area contributed by atoms with Gasteiger partial charge in [0.25, 0.3) is 0 Å². The highest BCUT2D eigenvalue weighted by Gasteiger charge is 2.14. The molecule has 3 aromatic carbocycles. The quantitative estimate of drug-likeness (QED) is 0.443. The molecular formula is C26H26. The topological polar surface area (TPSA) is 0 Å². The van der Waals surface area contributed by atoms with Crippen molar-refractivity contribution in [1.29, 1.82) is 0 Å². The Hall–Kier alpha value is -2.86. The molecule has 0 heteroatoms. The van der Waals surface area contributed by atoms with Crippen molar-refractivity contribution in [3.05, 3.63) is 119 Å². The first kappa shape index (κ1) is 17.9. The van der Waals surface area contributed by atoms with Gasteiger partial charge in [-0.3, -0.25) is 0 Å². The minimum atomic E-state index is 0.342. The summed E-state index contributed by atoms with van der Waals surface area (Å²) < 4.78 is 0. The molecule has 0 aliphatic heterocycles. The van der Waals surface area contributed by atoms with E-state index in [1.807, 2.05) is 12.2 Å². The largest absolute Gasteiger partial charge is 0.0985 e. The zero-order chi connectivity index (χ0) is 18.5. The van der Waals surface area contributed by atoms with Crippen molar-refractivity contribution in [1.82, 2.24) is 0 Å². The standard InChI is InChI=1S/C26H26/c1-5-21-11-7-9-13-25(21)19(3)23-15-17-24(18-16-23)20(4)26-14-10-8-12-22(26)6-2/h5-20H,1-2H2,3-4H3. The molecule has 0 aliphatic carbocycles. The summed E-state index contributed by atoms with van der Waals surface area (Å²) in [5.41, 5.74) is 7.70. The Kier molecular flexibility index (Phi) is 5.53. The van der Waals surface area contributed by atoms with E-state index in [1.54, 1.807) is 0 Å². The maximum Gasteiger partial charge on any atom is 0.00669 e. The van der Waals surface area contributed by atoms with Crippen molar-refractivity contribution in [2.45, 2.75) is 25.7 Å². The van der Waals surface area contributed by atoms with E-state index in [4.69, 9.17) is 0 Å². The Morgan fingerprint density at radius 3 is 1.27 bits per heavy atom. The Morgan fingerprint density at radius 2 is 0.923 bits per heavy atom. The van der Waals surface area contributed by atoms with Gasteiger partial charge in [-0.05, 0) is 33.4 Å². The van der Waals surface area contributed by atoms with E-state index >= 15 is 0 Å². The molecule has 0 nitrogen and oxygen atoms in total. The Labute approximate surface area is 157 Å². The summed E-state index contributed by atoms with van der Waals surface area (Å²) in [6.45, 7) is 12.4. The first-order valence-corrected chi connectivity index (χ1v) is 9.18. The summed E-state index contributed by atoms with van der Waals surface area (Å²) in [7, 11) is 0. The molecule has 0 N–H and O–H groups in total. The second-order valence-electron chi connectivity index (χ2n) is 6.78. The van der Waals surface area contributed by atoms with Crippen molar-refractivity contribution in [2.24, 2.45) is 0 Å². The van der Waals surface area contributed by atoms with Crippen molar-refractivity contribution in [3.8, 4) is 0 Å². The number of rotatable bonds is 6. The van der Waals surface area contributed by atoms with Crippen LogP contribution in [0.25, 0.3) is 12.2 Å². The second kappa shape index (κ2) is 8.01. The van der Waals surface area contributed by atoms with Gasteiger partial charge >= 0.3 is 0 Å². The van der Waals surface area contributed by atoms with Crippen LogP contribution >= 0.6 is 0 Å². The van der Waals surface area contributed by atoms with Gasteiger partial charge in [-0.2, -0.15) is 0 Å². The van der Waals surface area contributed by atoms with E-state index in [2.05, 4.69) is 99.8 Å². The van der Waals surface area contributed by atoms with Gasteiger partial charge in [0.2, 0.25) is 0 Å². The van der Waals surface area contributed by atoms with Crippen LogP contribution in [-0.4, -0.2) is 0 Å². The molecule has 0 aliphatic rings. The van der Waals surface area contributed by atoms with Crippen LogP contribution in [-0.2, 0) is 0 Å². The predicted octanol–water partition coefficient (Wildman–Crippen LogP) is 7.28. The van der Waals surface area contributed by atoms with Crippen LogP contribution < -0.4 is 0 Å². The Balaban J connectivity index is 1.88. The van der Waals surface area contributed by atoms with Gasteiger partial charge in [-0.15, -0.1) is 0 Å². The molecule has 0 bridgehead atoms. The minimum absolute atomic E-state index is 0.342. The maximum absolute atomic E-state index is 3.95. The fourth-order valence-electron chi connectivity index (χ4n) is 3.61. The number of benzene rings is 3. The molecule has 0 spiro atoms. The minimum Gasteiger partial charge on any atom is -0.0985 e. The monoisotopic (exact) mass is 338 g/mol. The molecule has 0 amide bonds. The Bertz CT molecular complexity index is 823. The van der Waals surface area contributed by atoms with Gasteiger partial charge in [0, 0.05) is 11.8 Å². The summed E-state index contributed by atoms with van der Waals surface area (Å²) >= 11 is 0. The van der Waals surface area contributed by atoms with Crippen LogP contribution in [0.3, 0.4) is 0 Å². The van der Waals surface area contributed by atoms with E-state index < -0.39 is 0 Å². The number of hydrogen-bond acceptors (Lipinski definition) is 0. The molecule has 0 aromatic heterocycles. The highest BCUT2D eigenvalue weighted by molar-refractivity contribution is 5.56. The SMILES string of the molecule is C=Cc1ccccc1C(C)c1ccc(C(C)c2ccccc2C=C)cc1. The van der Waals surface area contributed by atoms with Crippen LogP contribution in [0.1, 0.15) is 59.1 Å². The van der Waals surface area contributed by atoms with Crippen LogP contribution in [0.15, 0.2) is 86.0 Å². The zero-order valence-corrected chi connectivity index (χ0v) is 15.7. The van der Waals surface area contributed by atoms with Crippen molar-refractivity contribution in [2.75, 3.05) is 0 Å². The summed E-state index contributed by atoms with van der Waals surface area (Å²) in [6, 6.07) is 26.0. The summed E-state index contributed by atoms with van der Waals surface area (Å²) in [4.78, 5) is 0. The highest BCUT2D eigenvalue weighted by Crippen LogP contribution is 2.31. The molecule has 0 heterocycles. The van der Waals surface area contributed by atoms with Crippen molar-refractivity contribution in [3.63, 3.8) is 0 Å². The van der Waals surface area contributed by atoms with Crippen molar-refractivity contribution >= 4 is 12.2 Å². The molecule has 26 heavy (non-hydrogen) atoms. The van der Waals surface area contributed by atoms with Crippen LogP contribution in [0.5, 0.6) is 0 Å². The molecule has 130 valence electrons. The lowest BCUT2D eigenvalue weighted by atomic mass is 9.86. The lowest BCUT2D eigenvalue weighted by Crippen LogP contribution is -2.01. The van der Waals surface area contributed by atoms with Gasteiger partial charge < -0.3 is 0 Å². The van der Waals surface area contributed by atoms with E-state index in [-0.39, 0.29) is 0 Å². The van der Waals surface area contributed by atoms with E-state index in [1.165, 1.54) is 33.4 Å². The molecule has 3 aromatic rings. The van der Waals surface area contributed by atoms with Gasteiger partial charge in [-0.1, -0.05) is 112 Å². The molecule has 0 fully saturated rings. The molecule has 3 rings (SSSR count). The zero-order valence-electron chi connectivity index (χ0n) is 15.7. The predicted molar refractivity (Wildman–Crippen MR) is 115 cm³/mol. The van der Waals surface area contributed by atoms with Gasteiger partial charge in [0.1, 0.15) is 0 Å². The summed E-state index contributed by atoms with van der Waals surface area (Å²) in [5.74, 6) is 0.683. The molecule has 2 atom stereocenters. The molecule has 0 saturated carbocycles. The fourth-order valence-corrected chi connectivity index (χ4v) is 3.61. The molecule has 0 saturated heterocycles. The van der Waals surface area contributed by atoms with E-state index in [9.17, 15) is 0 Å². The van der Waals surface area contributed by atoms with E-state index in [0.717, 1.165) is 0 Å². The average Bonchev–Trinajstić information content (AvgIpc) is 2.72. The molecule has 2 unspecified atom stereocenters. The Morgan fingerprint density at radius 1 is 0.577 bits per heavy atom. The summed E-state index contributed by atoms with van der Waals surface area (Å²) in [5, 5.41) is 0. The average molecular weight is 338 g/mol. The third-order valence-electron chi connectivity index (χ3n) is 5.30. The molecular weight excluding hydrogens is 312 g/mol. The lowest BCUT2D eigenvalue weighted by molar-refractivity contribution is 0.895. The third-order valence-corrected chi connectivity index (χ3v) is 5.30. The maximum atomic E-state index is 3.95. The van der Waals surface area contributed by atoms with E-state index in [0.29, 0.717) is 11.8 Å². The first-order valence-electron chi connectivity index (χ1n) is 9.18. The molecule has 0 radical (unpaired) electrons. The fraction of sp³-hybridized carbons (Fsp3) is 0.154. The number of hydrogen-bond donors (Lipinski definition) is 0. The van der Waals surface area contributed by atoms with Gasteiger partial charge in [-0.25, -0.2) is 0 Å². The summed E-state index contributed by atoms with van der Waals surface area (Å²) in [6.07, 6.45) is 3.88. The van der Waals surface area contributed by atoms with Gasteiger partial charge in [0.15, 0.2) is 0 Å². The van der Waals surface area contributed by atoms with Crippen LogP contribution in [0, 0.1) is 0 Å². The second-order valence-corrected chi connectivity index (χ2v) is 6.78.